The summed E-state index contributed by atoms with van der Waals surface area (Å²) < 4.78 is 0. The highest BCUT2D eigenvalue weighted by Gasteiger charge is 2.18. The first kappa shape index (κ1) is 15.9. The number of aliphatic hydroxyl groups excluding tert-OH is 1. The number of nitrogens with one attached hydrogen (secondary N) is 1. The minimum absolute atomic E-state index is 0.167. The zero-order valence-electron chi connectivity index (χ0n) is 11.8. The molecular formula is C14H21ClN2O2. The highest BCUT2D eigenvalue weighted by atomic mass is 35.5. The van der Waals surface area contributed by atoms with Crippen molar-refractivity contribution in [2.24, 2.45) is 0 Å². The Morgan fingerprint density at radius 1 is 1.47 bits per heavy atom. The number of aliphatic hydroxyl groups is 1. The molecule has 0 aromatic carbocycles. The van der Waals surface area contributed by atoms with Gasteiger partial charge in [0.2, 0.25) is 0 Å². The number of hydrogen-bond acceptors (Lipinski definition) is 3. The Morgan fingerprint density at radius 3 is 2.63 bits per heavy atom. The maximum Gasteiger partial charge on any atom is 0.251 e. The summed E-state index contributed by atoms with van der Waals surface area (Å²) in [6.07, 6.45) is 0.0999. The number of pyridine rings is 1. The molecule has 106 valence electrons. The molecule has 0 saturated carbocycles. The summed E-state index contributed by atoms with van der Waals surface area (Å²) in [4.78, 5) is 16.2. The number of aromatic nitrogens is 1. The molecule has 1 heterocycles. The topological polar surface area (TPSA) is 62.2 Å². The van der Waals surface area contributed by atoms with Gasteiger partial charge in [0.25, 0.3) is 5.91 Å². The summed E-state index contributed by atoms with van der Waals surface area (Å²) in [5.74, 6) is -0.199. The van der Waals surface area contributed by atoms with Crippen LogP contribution < -0.4 is 5.32 Å². The summed E-state index contributed by atoms with van der Waals surface area (Å²) in [6.45, 7) is 8.16. The van der Waals surface area contributed by atoms with Gasteiger partial charge < -0.3 is 10.4 Å². The molecule has 0 aliphatic carbocycles. The SMILES string of the molecule is CC(O)CCNC(=O)c1cc(Cl)nc(C(C)(C)C)c1. The van der Waals surface area contributed by atoms with Crippen molar-refractivity contribution in [2.75, 3.05) is 6.54 Å². The molecular weight excluding hydrogens is 264 g/mol. The normalized spacial score (nSPS) is 13.2. The van der Waals surface area contributed by atoms with Crippen LogP contribution in [0.5, 0.6) is 0 Å². The van der Waals surface area contributed by atoms with Crippen molar-refractivity contribution in [1.29, 1.82) is 0 Å². The molecule has 1 rings (SSSR count). The highest BCUT2D eigenvalue weighted by molar-refractivity contribution is 6.29. The molecule has 5 heteroatoms. The quantitative estimate of drug-likeness (QED) is 0.835. The van der Waals surface area contributed by atoms with E-state index in [2.05, 4.69) is 10.3 Å². The molecule has 19 heavy (non-hydrogen) atoms. The molecule has 0 fully saturated rings. The largest absolute Gasteiger partial charge is 0.393 e. The van der Waals surface area contributed by atoms with Gasteiger partial charge >= 0.3 is 0 Å². The van der Waals surface area contributed by atoms with Gasteiger partial charge in [-0.15, -0.1) is 0 Å². The summed E-state index contributed by atoms with van der Waals surface area (Å²) >= 11 is 5.95. The number of hydrogen-bond donors (Lipinski definition) is 2. The average Bonchev–Trinajstić information content (AvgIpc) is 2.26. The Bertz CT molecular complexity index is 453. The first-order valence-electron chi connectivity index (χ1n) is 6.34. The lowest BCUT2D eigenvalue weighted by Gasteiger charge is -2.18. The van der Waals surface area contributed by atoms with Crippen LogP contribution in [-0.2, 0) is 5.41 Å². The zero-order chi connectivity index (χ0) is 14.6. The lowest BCUT2D eigenvalue weighted by atomic mass is 9.91. The number of rotatable bonds is 4. The van der Waals surface area contributed by atoms with Gasteiger partial charge in [-0.2, -0.15) is 0 Å². The molecule has 1 aromatic rings. The van der Waals surface area contributed by atoms with Crippen LogP contribution in [0.2, 0.25) is 5.15 Å². The molecule has 0 spiro atoms. The molecule has 0 bridgehead atoms. The minimum atomic E-state index is -0.425. The van der Waals surface area contributed by atoms with E-state index in [4.69, 9.17) is 16.7 Å². The lowest BCUT2D eigenvalue weighted by molar-refractivity contribution is 0.0945. The third kappa shape index (κ3) is 5.17. The molecule has 1 aromatic heterocycles. The molecule has 0 aliphatic heterocycles. The van der Waals surface area contributed by atoms with E-state index in [1.807, 2.05) is 20.8 Å². The van der Waals surface area contributed by atoms with Crippen LogP contribution in [0.1, 0.15) is 50.2 Å². The summed E-state index contributed by atoms with van der Waals surface area (Å²) in [6, 6.07) is 3.30. The average molecular weight is 285 g/mol. The maximum atomic E-state index is 12.0. The second kappa shape index (κ2) is 6.35. The standard InChI is InChI=1S/C14H21ClN2O2/c1-9(18)5-6-16-13(19)10-7-11(14(2,3)4)17-12(15)8-10/h7-9,18H,5-6H2,1-4H3,(H,16,19). The zero-order valence-corrected chi connectivity index (χ0v) is 12.6. The fourth-order valence-electron chi connectivity index (χ4n) is 1.51. The Labute approximate surface area is 119 Å². The number of carbonyl (C=O) groups is 1. The molecule has 0 aliphatic rings. The highest BCUT2D eigenvalue weighted by Crippen LogP contribution is 2.23. The van der Waals surface area contributed by atoms with E-state index in [0.717, 1.165) is 5.69 Å². The van der Waals surface area contributed by atoms with Gasteiger partial charge in [-0.3, -0.25) is 4.79 Å². The third-order valence-electron chi connectivity index (χ3n) is 2.67. The van der Waals surface area contributed by atoms with Crippen molar-refractivity contribution in [3.8, 4) is 0 Å². The molecule has 4 nitrogen and oxygen atoms in total. The van der Waals surface area contributed by atoms with Gasteiger partial charge in [0.05, 0.1) is 6.10 Å². The van der Waals surface area contributed by atoms with Crippen LogP contribution in [0.15, 0.2) is 12.1 Å². The van der Waals surface area contributed by atoms with E-state index < -0.39 is 6.10 Å². The maximum absolute atomic E-state index is 12.0. The third-order valence-corrected chi connectivity index (χ3v) is 2.87. The van der Waals surface area contributed by atoms with Crippen molar-refractivity contribution in [1.82, 2.24) is 10.3 Å². The predicted molar refractivity (Wildman–Crippen MR) is 76.6 cm³/mol. The van der Waals surface area contributed by atoms with Gasteiger partial charge in [-0.1, -0.05) is 32.4 Å². The van der Waals surface area contributed by atoms with Crippen LogP contribution in [0.25, 0.3) is 0 Å². The molecule has 0 saturated heterocycles. The van der Waals surface area contributed by atoms with E-state index in [0.29, 0.717) is 23.7 Å². The number of nitrogens with zero attached hydrogens (tertiary/aromatic N) is 1. The van der Waals surface area contributed by atoms with Gasteiger partial charge in [0, 0.05) is 23.2 Å². The van der Waals surface area contributed by atoms with Crippen LogP contribution in [-0.4, -0.2) is 28.6 Å². The first-order chi connectivity index (χ1) is 8.70. The van der Waals surface area contributed by atoms with E-state index in [1.165, 1.54) is 0 Å². The Kier molecular flexibility index (Phi) is 5.32. The fourth-order valence-corrected chi connectivity index (χ4v) is 1.72. The minimum Gasteiger partial charge on any atom is -0.393 e. The summed E-state index contributed by atoms with van der Waals surface area (Å²) in [5, 5.41) is 12.2. The van der Waals surface area contributed by atoms with Crippen LogP contribution in [0, 0.1) is 0 Å². The van der Waals surface area contributed by atoms with Crippen LogP contribution in [0.4, 0.5) is 0 Å². The van der Waals surface area contributed by atoms with E-state index in [9.17, 15) is 4.79 Å². The Balaban J connectivity index is 2.83. The number of carbonyl (C=O) groups excluding carboxylic acids is 1. The fraction of sp³-hybridized carbons (Fsp3) is 0.571. The predicted octanol–water partition coefficient (Wildman–Crippen LogP) is 2.53. The van der Waals surface area contributed by atoms with Crippen LogP contribution >= 0.6 is 11.6 Å². The number of amides is 1. The summed E-state index contributed by atoms with van der Waals surface area (Å²) in [5.41, 5.74) is 1.11. The molecule has 0 radical (unpaired) electrons. The second-order valence-corrected chi connectivity index (χ2v) is 6.09. The van der Waals surface area contributed by atoms with E-state index in [1.54, 1.807) is 19.1 Å². The smallest absolute Gasteiger partial charge is 0.251 e. The van der Waals surface area contributed by atoms with Crippen molar-refractivity contribution >= 4 is 17.5 Å². The van der Waals surface area contributed by atoms with Crippen LogP contribution in [0.3, 0.4) is 0 Å². The van der Waals surface area contributed by atoms with E-state index >= 15 is 0 Å². The van der Waals surface area contributed by atoms with Crippen molar-refractivity contribution in [3.05, 3.63) is 28.5 Å². The molecule has 1 amide bonds. The van der Waals surface area contributed by atoms with Gasteiger partial charge in [0.15, 0.2) is 0 Å². The second-order valence-electron chi connectivity index (χ2n) is 5.71. The molecule has 1 atom stereocenters. The molecule has 1 unspecified atom stereocenters. The van der Waals surface area contributed by atoms with Gasteiger partial charge in [0.1, 0.15) is 5.15 Å². The molecule has 2 N–H and O–H groups in total. The van der Waals surface area contributed by atoms with E-state index in [-0.39, 0.29) is 11.3 Å². The van der Waals surface area contributed by atoms with Gasteiger partial charge in [-0.25, -0.2) is 4.98 Å². The monoisotopic (exact) mass is 284 g/mol. The first-order valence-corrected chi connectivity index (χ1v) is 6.72. The Morgan fingerprint density at radius 2 is 2.11 bits per heavy atom. The van der Waals surface area contributed by atoms with Gasteiger partial charge in [-0.05, 0) is 25.5 Å². The lowest BCUT2D eigenvalue weighted by Crippen LogP contribution is -2.27. The van der Waals surface area contributed by atoms with Crippen molar-refractivity contribution in [2.45, 2.75) is 45.6 Å². The number of halogens is 1. The van der Waals surface area contributed by atoms with Crippen molar-refractivity contribution < 1.29 is 9.90 Å². The Hall–Kier alpha value is -1.13. The summed E-state index contributed by atoms with van der Waals surface area (Å²) in [7, 11) is 0. The van der Waals surface area contributed by atoms with Crippen molar-refractivity contribution in [3.63, 3.8) is 0 Å².